The van der Waals surface area contributed by atoms with Crippen molar-refractivity contribution in [2.75, 3.05) is 9.80 Å². The molecule has 10 rings (SSSR count). The first kappa shape index (κ1) is 46.7. The average molecular weight is 961 g/mol. The summed E-state index contributed by atoms with van der Waals surface area (Å²) in [5.41, 5.74) is 9.62. The van der Waals surface area contributed by atoms with Gasteiger partial charge in [0.25, 0.3) is 0 Å². The van der Waals surface area contributed by atoms with E-state index in [1.54, 1.807) is 0 Å². The summed E-state index contributed by atoms with van der Waals surface area (Å²) in [6.45, 7) is 21.8. The molecule has 0 spiro atoms. The van der Waals surface area contributed by atoms with Crippen molar-refractivity contribution < 1.29 is 17.6 Å². The molecule has 2 nitrogen and oxygen atoms in total. The van der Waals surface area contributed by atoms with Crippen LogP contribution in [0.4, 0.5) is 51.7 Å². The standard InChI is InChI=1S/C62H56F4N2Si2/c1-37-11-25-49(39(3)31-37)53-33-43(63)35-55(65)61(53)67(45-17-21-47(22-18-45)69(5,6)7)57-29-15-41-14-28-52-58(30-16-42-13-27-51(57)59(41)60(42)52)68(46-19-23-48(24-20-46)70(8,9)10)62-54(34-44(64)36-56(62)66)50-26-12-38(2)32-40(50)4/h11-36H,1-10H3. The third kappa shape index (κ3) is 8.26. The van der Waals surface area contributed by atoms with Crippen LogP contribution in [0.3, 0.4) is 0 Å². The molecular weight excluding hydrogens is 905 g/mol. The zero-order chi connectivity index (χ0) is 49.6. The smallest absolute Gasteiger partial charge is 0.150 e. The number of benzene rings is 10. The minimum atomic E-state index is -1.73. The van der Waals surface area contributed by atoms with Crippen molar-refractivity contribution in [2.45, 2.75) is 67.0 Å². The molecule has 0 aliphatic heterocycles. The Hall–Kier alpha value is -7.01. The molecule has 0 aliphatic carbocycles. The maximum atomic E-state index is 17.2. The third-order valence-electron chi connectivity index (χ3n) is 13.9. The first-order valence-electron chi connectivity index (χ1n) is 23.9. The highest BCUT2D eigenvalue weighted by molar-refractivity contribution is 6.89. The van der Waals surface area contributed by atoms with Crippen LogP contribution in [0.2, 0.25) is 39.3 Å². The van der Waals surface area contributed by atoms with Crippen LogP contribution in [-0.2, 0) is 0 Å². The van der Waals surface area contributed by atoms with E-state index in [4.69, 9.17) is 0 Å². The van der Waals surface area contributed by atoms with Gasteiger partial charge in [0.2, 0.25) is 0 Å². The zero-order valence-electron chi connectivity index (χ0n) is 41.4. The predicted molar refractivity (Wildman–Crippen MR) is 295 cm³/mol. The SMILES string of the molecule is Cc1ccc(-c2cc(F)cc(F)c2N(c2ccc([Si](C)(C)C)cc2)c2ccc3ccc4c(N(c5ccc([Si](C)(C)C)cc5)c5c(F)cc(F)cc5-c5ccc(C)cc5C)ccc5ccc2c3c54)c(C)c1. The summed E-state index contributed by atoms with van der Waals surface area (Å²) >= 11 is 0. The summed E-state index contributed by atoms with van der Waals surface area (Å²) in [5.74, 6) is -2.69. The summed E-state index contributed by atoms with van der Waals surface area (Å²) in [4.78, 5) is 3.89. The molecule has 0 aromatic heterocycles. The Morgan fingerprint density at radius 1 is 0.357 bits per heavy atom. The van der Waals surface area contributed by atoms with Crippen LogP contribution in [-0.4, -0.2) is 16.1 Å². The van der Waals surface area contributed by atoms with E-state index in [0.29, 0.717) is 22.5 Å². The first-order chi connectivity index (χ1) is 33.3. The summed E-state index contributed by atoms with van der Waals surface area (Å²) in [5, 5.41) is 8.03. The molecule has 8 heteroatoms. The Labute approximate surface area is 410 Å². The monoisotopic (exact) mass is 960 g/mol. The molecule has 0 heterocycles. The van der Waals surface area contributed by atoms with Gasteiger partial charge in [-0.15, -0.1) is 0 Å². The molecule has 0 atom stereocenters. The minimum absolute atomic E-state index is 0.239. The van der Waals surface area contributed by atoms with Crippen LogP contribution in [0.5, 0.6) is 0 Å². The highest BCUT2D eigenvalue weighted by Crippen LogP contribution is 2.51. The van der Waals surface area contributed by atoms with Crippen LogP contribution in [0, 0.1) is 51.0 Å². The maximum absolute atomic E-state index is 17.2. The summed E-state index contributed by atoms with van der Waals surface area (Å²) < 4.78 is 65.6. The molecule has 0 aliphatic rings. The predicted octanol–water partition coefficient (Wildman–Crippen LogP) is 17.7. The maximum Gasteiger partial charge on any atom is 0.150 e. The van der Waals surface area contributed by atoms with Crippen LogP contribution < -0.4 is 20.2 Å². The minimum Gasteiger partial charge on any atom is -0.307 e. The average Bonchev–Trinajstić information content (AvgIpc) is 3.30. The zero-order valence-corrected chi connectivity index (χ0v) is 43.4. The first-order valence-corrected chi connectivity index (χ1v) is 30.9. The highest BCUT2D eigenvalue weighted by atomic mass is 28.3. The number of halogens is 4. The second kappa shape index (κ2) is 17.4. The van der Waals surface area contributed by atoms with Crippen molar-refractivity contribution in [3.63, 3.8) is 0 Å². The van der Waals surface area contributed by atoms with Gasteiger partial charge in [-0.1, -0.05) is 158 Å². The van der Waals surface area contributed by atoms with Crippen molar-refractivity contribution in [3.8, 4) is 22.3 Å². The fraction of sp³-hybridized carbons (Fsp3) is 0.161. The van der Waals surface area contributed by atoms with Crippen LogP contribution in [0.1, 0.15) is 22.3 Å². The summed E-state index contributed by atoms with van der Waals surface area (Å²) in [6, 6.07) is 50.0. The van der Waals surface area contributed by atoms with Crippen LogP contribution in [0.15, 0.2) is 158 Å². The van der Waals surface area contributed by atoms with E-state index in [2.05, 4.69) is 99.9 Å². The lowest BCUT2D eigenvalue weighted by atomic mass is 9.90. The fourth-order valence-corrected chi connectivity index (χ4v) is 12.7. The van der Waals surface area contributed by atoms with Gasteiger partial charge < -0.3 is 9.80 Å². The molecule has 350 valence electrons. The molecule has 0 saturated heterocycles. The van der Waals surface area contributed by atoms with Gasteiger partial charge in [0.05, 0.1) is 38.9 Å². The van der Waals surface area contributed by atoms with Crippen LogP contribution in [0.25, 0.3) is 54.6 Å². The quantitative estimate of drug-likeness (QED) is 0.0766. The number of hydrogen-bond donors (Lipinski definition) is 0. The van der Waals surface area contributed by atoms with Gasteiger partial charge >= 0.3 is 0 Å². The van der Waals surface area contributed by atoms with Crippen molar-refractivity contribution in [1.29, 1.82) is 0 Å². The third-order valence-corrected chi connectivity index (χ3v) is 18.1. The molecule has 10 aromatic rings. The molecule has 10 aromatic carbocycles. The molecule has 0 saturated carbocycles. The van der Waals surface area contributed by atoms with Crippen LogP contribution >= 0.6 is 0 Å². The summed E-state index contributed by atoms with van der Waals surface area (Å²) in [6.07, 6.45) is 0. The lowest BCUT2D eigenvalue weighted by Gasteiger charge is -2.32. The Balaban J connectivity index is 1.27. The van der Waals surface area contributed by atoms with Crippen molar-refractivity contribution in [1.82, 2.24) is 0 Å². The van der Waals surface area contributed by atoms with Crippen molar-refractivity contribution in [3.05, 3.63) is 203 Å². The fourth-order valence-electron chi connectivity index (χ4n) is 10.4. The number of hydrogen-bond acceptors (Lipinski definition) is 2. The van der Waals surface area contributed by atoms with Gasteiger partial charge in [0.1, 0.15) is 11.6 Å². The van der Waals surface area contributed by atoms with E-state index in [1.807, 2.05) is 110 Å². The van der Waals surface area contributed by atoms with Crippen molar-refractivity contribution in [2.24, 2.45) is 0 Å². The highest BCUT2D eigenvalue weighted by Gasteiger charge is 2.29. The lowest BCUT2D eigenvalue weighted by molar-refractivity contribution is 0.584. The summed E-state index contributed by atoms with van der Waals surface area (Å²) in [7, 11) is -3.46. The molecule has 70 heavy (non-hydrogen) atoms. The van der Waals surface area contributed by atoms with Gasteiger partial charge in [0, 0.05) is 45.4 Å². The van der Waals surface area contributed by atoms with Gasteiger partial charge in [-0.05, 0) is 120 Å². The second-order valence-corrected chi connectivity index (χ2v) is 31.2. The van der Waals surface area contributed by atoms with E-state index in [0.717, 1.165) is 89.2 Å². The number of aryl methyl sites for hydroxylation is 4. The second-order valence-electron chi connectivity index (χ2n) is 21.1. The number of nitrogens with zero attached hydrogens (tertiary/aromatic N) is 2. The normalized spacial score (nSPS) is 12.1. The molecule has 0 radical (unpaired) electrons. The topological polar surface area (TPSA) is 6.48 Å². The van der Waals surface area contributed by atoms with Gasteiger partial charge in [0.15, 0.2) is 11.6 Å². The van der Waals surface area contributed by atoms with E-state index < -0.39 is 39.4 Å². The van der Waals surface area contributed by atoms with Gasteiger partial charge in [-0.2, -0.15) is 0 Å². The van der Waals surface area contributed by atoms with Gasteiger partial charge in [-0.25, -0.2) is 17.6 Å². The molecule has 0 amide bonds. The molecular formula is C62H56F4N2Si2. The molecule has 0 bridgehead atoms. The van der Waals surface area contributed by atoms with E-state index in [-0.39, 0.29) is 11.4 Å². The lowest BCUT2D eigenvalue weighted by Crippen LogP contribution is -2.37. The Morgan fingerprint density at radius 2 is 0.714 bits per heavy atom. The molecule has 0 N–H and O–H groups in total. The molecule has 0 fully saturated rings. The van der Waals surface area contributed by atoms with E-state index in [1.165, 1.54) is 22.5 Å². The Kier molecular flexibility index (Phi) is 11.6. The van der Waals surface area contributed by atoms with E-state index in [9.17, 15) is 0 Å². The van der Waals surface area contributed by atoms with Gasteiger partial charge in [-0.3, -0.25) is 0 Å². The number of anilines is 6. The number of rotatable bonds is 10. The molecule has 0 unspecified atom stereocenters. The Morgan fingerprint density at radius 3 is 1.06 bits per heavy atom. The van der Waals surface area contributed by atoms with E-state index >= 15 is 17.6 Å². The largest absolute Gasteiger partial charge is 0.307 e. The van der Waals surface area contributed by atoms with Crippen molar-refractivity contribution >= 4 is 93.0 Å². The Bertz CT molecular complexity index is 3420.